The highest BCUT2D eigenvalue weighted by molar-refractivity contribution is 6.22. The Morgan fingerprint density at radius 2 is 1.29 bits per heavy atom. The Balaban J connectivity index is 1.31. The number of nitrogens with zero attached hydrogens (tertiary/aromatic N) is 1. The van der Waals surface area contributed by atoms with Crippen LogP contribution in [0.15, 0.2) is 115 Å². The van der Waals surface area contributed by atoms with Gasteiger partial charge >= 0.3 is 0 Å². The van der Waals surface area contributed by atoms with Crippen LogP contribution in [-0.2, 0) is 24.1 Å². The summed E-state index contributed by atoms with van der Waals surface area (Å²) in [6, 6.07) is 35.3. The molecule has 7 rings (SSSR count). The first-order valence-electron chi connectivity index (χ1n) is 14.0. The average Bonchev–Trinajstić information content (AvgIpc) is 3.55. The molecule has 5 aromatic carbocycles. The second-order valence-corrected chi connectivity index (χ2v) is 10.7. The number of imide groups is 1. The second-order valence-electron chi connectivity index (χ2n) is 10.7. The summed E-state index contributed by atoms with van der Waals surface area (Å²) in [5, 5.41) is 5.66. The molecule has 2 aliphatic rings. The number of carbonyl (C=O) groups is 3. The lowest BCUT2D eigenvalue weighted by Crippen LogP contribution is -2.51. The molecule has 1 N–H and O–H groups in total. The number of hydrogen-bond acceptors (Lipinski definition) is 3. The number of nitrogens with one attached hydrogen (secondary N) is 1. The van der Waals surface area contributed by atoms with E-state index in [-0.39, 0.29) is 12.3 Å². The first-order chi connectivity index (χ1) is 20.1. The van der Waals surface area contributed by atoms with Crippen LogP contribution in [0, 0.1) is 0 Å². The average molecular weight is 537 g/mol. The minimum Gasteiger partial charge on any atom is -0.343 e. The molecule has 1 heterocycles. The Morgan fingerprint density at radius 1 is 0.683 bits per heavy atom. The fourth-order valence-corrected chi connectivity index (χ4v) is 6.38. The fraction of sp³-hybridized carbons (Fsp3) is 0.139. The summed E-state index contributed by atoms with van der Waals surface area (Å²) in [5.74, 6) is -1.26. The zero-order valence-electron chi connectivity index (χ0n) is 22.4. The van der Waals surface area contributed by atoms with Crippen LogP contribution in [0.3, 0.4) is 0 Å². The molecular formula is C36H28N2O3. The standard InChI is InChI=1S/C36H28N2O3/c39-34(31(22-23-10-3-1-4-11-23)38-35(40)29-15-7-8-16-30(29)36(38)41)37-33(26-12-5-2-6-13-26)28-21-20-25-19-18-24-14-9-17-27(28)32(24)25/h1-17,20-21,31,33H,18-19,22H2,(H,37,39)/t31-,33+/m0/s1. The number of amides is 3. The van der Waals surface area contributed by atoms with Gasteiger partial charge in [0.05, 0.1) is 17.2 Å². The van der Waals surface area contributed by atoms with E-state index in [0.717, 1.165) is 39.8 Å². The van der Waals surface area contributed by atoms with Gasteiger partial charge in [0, 0.05) is 6.42 Å². The van der Waals surface area contributed by atoms with Crippen molar-refractivity contribution in [3.63, 3.8) is 0 Å². The van der Waals surface area contributed by atoms with Gasteiger partial charge < -0.3 is 5.32 Å². The predicted molar refractivity (Wildman–Crippen MR) is 159 cm³/mol. The van der Waals surface area contributed by atoms with E-state index in [1.807, 2.05) is 60.7 Å². The maximum absolute atomic E-state index is 14.4. The number of fused-ring (bicyclic) bond motifs is 1. The summed E-state index contributed by atoms with van der Waals surface area (Å²) in [6.45, 7) is 0. The van der Waals surface area contributed by atoms with Gasteiger partial charge in [-0.25, -0.2) is 0 Å². The van der Waals surface area contributed by atoms with E-state index in [4.69, 9.17) is 0 Å². The summed E-state index contributed by atoms with van der Waals surface area (Å²) in [4.78, 5) is 42.6. The Morgan fingerprint density at radius 3 is 1.98 bits per heavy atom. The second kappa shape index (κ2) is 10.2. The molecule has 0 saturated heterocycles. The SMILES string of the molecule is O=C(N[C@H](c1ccccc1)c1ccc2c3c(cccc13)CC2)[C@H](Cc1ccccc1)N1C(=O)c2ccccc2C1=O. The van der Waals surface area contributed by atoms with Crippen LogP contribution in [0.4, 0.5) is 0 Å². The lowest BCUT2D eigenvalue weighted by Gasteiger charge is -2.29. The van der Waals surface area contributed by atoms with Crippen LogP contribution in [0.25, 0.3) is 10.8 Å². The number of benzene rings is 5. The fourth-order valence-electron chi connectivity index (χ4n) is 6.38. The largest absolute Gasteiger partial charge is 0.343 e. The number of rotatable bonds is 7. The number of aryl methyl sites for hydroxylation is 2. The van der Waals surface area contributed by atoms with Crippen molar-refractivity contribution < 1.29 is 14.4 Å². The Hall–Kier alpha value is -5.03. The van der Waals surface area contributed by atoms with Crippen molar-refractivity contribution in [2.45, 2.75) is 31.3 Å². The summed E-state index contributed by atoms with van der Waals surface area (Å²) < 4.78 is 0. The van der Waals surface area contributed by atoms with Crippen molar-refractivity contribution in [2.75, 3.05) is 0 Å². The molecule has 0 bridgehead atoms. The monoisotopic (exact) mass is 536 g/mol. The van der Waals surface area contributed by atoms with Gasteiger partial charge in [-0.15, -0.1) is 0 Å². The smallest absolute Gasteiger partial charge is 0.262 e. The zero-order chi connectivity index (χ0) is 27.9. The van der Waals surface area contributed by atoms with Crippen LogP contribution < -0.4 is 5.32 Å². The lowest BCUT2D eigenvalue weighted by atomic mass is 9.91. The molecule has 2 atom stereocenters. The van der Waals surface area contributed by atoms with Gasteiger partial charge in [0.15, 0.2) is 0 Å². The van der Waals surface area contributed by atoms with E-state index in [0.29, 0.717) is 11.1 Å². The molecule has 0 spiro atoms. The molecule has 0 radical (unpaired) electrons. The van der Waals surface area contributed by atoms with Crippen molar-refractivity contribution >= 4 is 28.5 Å². The van der Waals surface area contributed by atoms with Gasteiger partial charge in [0.2, 0.25) is 5.91 Å². The highest BCUT2D eigenvalue weighted by Crippen LogP contribution is 2.37. The summed E-state index contributed by atoms with van der Waals surface area (Å²) >= 11 is 0. The molecule has 5 nitrogen and oxygen atoms in total. The maximum atomic E-state index is 14.4. The normalized spacial score (nSPS) is 15.2. The highest BCUT2D eigenvalue weighted by Gasteiger charge is 2.43. The van der Waals surface area contributed by atoms with Crippen molar-refractivity contribution in [1.82, 2.24) is 10.2 Å². The maximum Gasteiger partial charge on any atom is 0.262 e. The van der Waals surface area contributed by atoms with Gasteiger partial charge in [-0.2, -0.15) is 0 Å². The Labute approximate surface area is 238 Å². The molecule has 3 amide bonds. The molecule has 0 aromatic heterocycles. The van der Waals surface area contributed by atoms with Gasteiger partial charge in [0.1, 0.15) is 6.04 Å². The Kier molecular flexibility index (Phi) is 6.20. The molecule has 0 unspecified atom stereocenters. The molecule has 5 aromatic rings. The van der Waals surface area contributed by atoms with Gasteiger partial charge in [-0.3, -0.25) is 19.3 Å². The van der Waals surface area contributed by atoms with Crippen LogP contribution >= 0.6 is 0 Å². The lowest BCUT2D eigenvalue weighted by molar-refractivity contribution is -0.125. The van der Waals surface area contributed by atoms with Crippen LogP contribution in [-0.4, -0.2) is 28.7 Å². The molecule has 1 aliphatic heterocycles. The molecule has 200 valence electrons. The van der Waals surface area contributed by atoms with E-state index in [2.05, 4.69) is 35.6 Å². The molecular weight excluding hydrogens is 508 g/mol. The van der Waals surface area contributed by atoms with E-state index in [1.165, 1.54) is 16.5 Å². The van der Waals surface area contributed by atoms with E-state index in [1.54, 1.807) is 24.3 Å². The van der Waals surface area contributed by atoms with Gasteiger partial charge in [-0.05, 0) is 63.6 Å². The molecule has 5 heteroatoms. The first-order valence-corrected chi connectivity index (χ1v) is 14.0. The quantitative estimate of drug-likeness (QED) is 0.258. The van der Waals surface area contributed by atoms with Crippen LogP contribution in [0.2, 0.25) is 0 Å². The summed E-state index contributed by atoms with van der Waals surface area (Å²) in [7, 11) is 0. The molecule has 0 saturated carbocycles. The van der Waals surface area contributed by atoms with Gasteiger partial charge in [-0.1, -0.05) is 103 Å². The van der Waals surface area contributed by atoms with Crippen molar-refractivity contribution in [1.29, 1.82) is 0 Å². The van der Waals surface area contributed by atoms with Crippen LogP contribution in [0.5, 0.6) is 0 Å². The van der Waals surface area contributed by atoms with Crippen molar-refractivity contribution in [2.24, 2.45) is 0 Å². The third-order valence-corrected chi connectivity index (χ3v) is 8.35. The minimum absolute atomic E-state index is 0.212. The summed E-state index contributed by atoms with van der Waals surface area (Å²) in [5.41, 5.74) is 6.10. The van der Waals surface area contributed by atoms with Crippen LogP contribution in [0.1, 0.15) is 54.6 Å². The predicted octanol–water partition coefficient (Wildman–Crippen LogP) is 6.05. The Bertz CT molecular complexity index is 1770. The third-order valence-electron chi connectivity index (χ3n) is 8.35. The molecule has 0 fully saturated rings. The molecule has 1 aliphatic carbocycles. The van der Waals surface area contributed by atoms with Crippen molar-refractivity contribution in [3.05, 3.63) is 154 Å². The third kappa shape index (κ3) is 4.30. The first kappa shape index (κ1) is 25.0. The number of hydrogen-bond donors (Lipinski definition) is 1. The zero-order valence-corrected chi connectivity index (χ0v) is 22.4. The van der Waals surface area contributed by atoms with E-state index >= 15 is 0 Å². The van der Waals surface area contributed by atoms with E-state index in [9.17, 15) is 14.4 Å². The number of carbonyl (C=O) groups excluding carboxylic acids is 3. The van der Waals surface area contributed by atoms with Crippen molar-refractivity contribution in [3.8, 4) is 0 Å². The molecule has 41 heavy (non-hydrogen) atoms. The topological polar surface area (TPSA) is 66.5 Å². The highest BCUT2D eigenvalue weighted by atomic mass is 16.2. The van der Waals surface area contributed by atoms with Gasteiger partial charge in [0.25, 0.3) is 11.8 Å². The summed E-state index contributed by atoms with van der Waals surface area (Å²) in [6.07, 6.45) is 2.23. The minimum atomic E-state index is -1.02. The van der Waals surface area contributed by atoms with E-state index < -0.39 is 23.9 Å².